The number of para-hydroxylation sites is 1. The average molecular weight is 458 g/mol. The Kier molecular flexibility index (Phi) is 7.32. The Hall–Kier alpha value is -2.29. The molecular formula is C23H29N4O2S2+. The number of quaternary nitrogens is 1. The number of carbonyl (C=O) groups excluding carboxylic acids is 1. The van der Waals surface area contributed by atoms with Crippen LogP contribution in [0.4, 0.5) is 5.69 Å². The molecule has 0 aliphatic carbocycles. The highest BCUT2D eigenvalue weighted by Gasteiger charge is 2.49. The van der Waals surface area contributed by atoms with Crippen molar-refractivity contribution in [3.8, 4) is 5.75 Å². The van der Waals surface area contributed by atoms with Gasteiger partial charge in [-0.25, -0.2) is 0 Å². The van der Waals surface area contributed by atoms with Gasteiger partial charge in [0.15, 0.2) is 5.11 Å². The fraction of sp³-hybridized carbons (Fsp3) is 0.391. The van der Waals surface area contributed by atoms with Crippen LogP contribution in [0.25, 0.3) is 0 Å². The van der Waals surface area contributed by atoms with Gasteiger partial charge in [-0.1, -0.05) is 42.1 Å². The lowest BCUT2D eigenvalue weighted by Crippen LogP contribution is -3.19. The Balaban J connectivity index is 1.35. The van der Waals surface area contributed by atoms with E-state index in [1.165, 1.54) is 10.5 Å². The fourth-order valence-electron chi connectivity index (χ4n) is 4.52. The van der Waals surface area contributed by atoms with E-state index < -0.39 is 0 Å². The summed E-state index contributed by atoms with van der Waals surface area (Å²) in [6.07, 6.45) is 2.22. The molecule has 164 valence electrons. The molecule has 3 saturated heterocycles. The third-order valence-electron chi connectivity index (χ3n) is 6.13. The van der Waals surface area contributed by atoms with E-state index in [0.717, 1.165) is 43.1 Å². The lowest BCUT2D eigenvalue weighted by Gasteiger charge is -2.46. The van der Waals surface area contributed by atoms with Crippen molar-refractivity contribution in [1.29, 1.82) is 0 Å². The zero-order chi connectivity index (χ0) is 21.6. The molecule has 3 heterocycles. The van der Waals surface area contributed by atoms with Crippen molar-refractivity contribution >= 4 is 40.7 Å². The molecule has 2 aromatic rings. The summed E-state index contributed by atoms with van der Waals surface area (Å²) in [6.45, 7) is 2.30. The van der Waals surface area contributed by atoms with Crippen LogP contribution in [-0.4, -0.2) is 36.6 Å². The number of hydrogen-bond acceptors (Lipinski definition) is 4. The van der Waals surface area contributed by atoms with Gasteiger partial charge in [-0.05, 0) is 48.0 Å². The third-order valence-corrected chi connectivity index (χ3v) is 7.82. The van der Waals surface area contributed by atoms with Gasteiger partial charge in [-0.3, -0.25) is 15.6 Å². The minimum atomic E-state index is -0.0206. The summed E-state index contributed by atoms with van der Waals surface area (Å²) >= 11 is 7.22. The van der Waals surface area contributed by atoms with Crippen LogP contribution in [0.2, 0.25) is 0 Å². The van der Waals surface area contributed by atoms with Crippen molar-refractivity contribution in [2.75, 3.05) is 25.5 Å². The molecule has 3 aliphatic heterocycles. The van der Waals surface area contributed by atoms with Gasteiger partial charge in [0.25, 0.3) is 0 Å². The maximum absolute atomic E-state index is 13.1. The largest absolute Gasteiger partial charge is 0.497 e. The van der Waals surface area contributed by atoms with Gasteiger partial charge in [0.2, 0.25) is 5.91 Å². The second-order valence-electron chi connectivity index (χ2n) is 8.04. The molecule has 3 fully saturated rings. The number of rotatable bonds is 6. The Morgan fingerprint density at radius 2 is 1.81 bits per heavy atom. The van der Waals surface area contributed by atoms with Crippen LogP contribution in [0, 0.1) is 11.8 Å². The molecule has 5 rings (SSSR count). The van der Waals surface area contributed by atoms with Gasteiger partial charge in [0, 0.05) is 24.3 Å². The van der Waals surface area contributed by atoms with Crippen LogP contribution in [-0.2, 0) is 10.5 Å². The molecule has 0 unspecified atom stereocenters. The number of amides is 1. The highest BCUT2D eigenvalue weighted by molar-refractivity contribution is 7.99. The number of benzene rings is 2. The second kappa shape index (κ2) is 10.3. The van der Waals surface area contributed by atoms with Crippen LogP contribution in [0.5, 0.6) is 5.75 Å². The summed E-state index contributed by atoms with van der Waals surface area (Å²) in [5, 5.41) is 3.73. The second-order valence-corrected chi connectivity index (χ2v) is 9.57. The first-order valence-electron chi connectivity index (χ1n) is 10.6. The predicted octanol–water partition coefficient (Wildman–Crippen LogP) is 2.20. The van der Waals surface area contributed by atoms with E-state index in [1.54, 1.807) is 7.11 Å². The standard InChI is InChI=1S/C23H28N4O2S2/c1-29-19-9-7-16(8-10-19)15-31-22-20(17-11-13-27(22)14-12-17)21(28)25-26-23(30)24-18-5-3-2-4-6-18/h2-10,17,20,22H,11-15H2,1H3,(H,25,28)(H2,24,26,30)/p+1/t20-,22+/m1/s1. The first-order chi connectivity index (χ1) is 15.1. The van der Waals surface area contributed by atoms with E-state index in [1.807, 2.05) is 54.2 Å². The number of piperidine rings is 3. The number of methoxy groups -OCH3 is 1. The first kappa shape index (κ1) is 21.9. The van der Waals surface area contributed by atoms with E-state index in [2.05, 4.69) is 28.3 Å². The first-order valence-corrected chi connectivity index (χ1v) is 12.1. The van der Waals surface area contributed by atoms with Crippen molar-refractivity contribution in [2.45, 2.75) is 24.0 Å². The molecule has 2 atom stereocenters. The summed E-state index contributed by atoms with van der Waals surface area (Å²) < 4.78 is 5.25. The zero-order valence-electron chi connectivity index (χ0n) is 17.6. The molecule has 0 radical (unpaired) electrons. The lowest BCUT2D eigenvalue weighted by atomic mass is 9.78. The number of hydrazine groups is 1. The Morgan fingerprint density at radius 3 is 2.48 bits per heavy atom. The maximum Gasteiger partial charge on any atom is 0.248 e. The smallest absolute Gasteiger partial charge is 0.248 e. The molecule has 8 heteroatoms. The van der Waals surface area contributed by atoms with Crippen molar-refractivity contribution in [1.82, 2.24) is 10.9 Å². The molecule has 3 aliphatic rings. The summed E-state index contributed by atoms with van der Waals surface area (Å²) in [4.78, 5) is 14.7. The minimum absolute atomic E-state index is 0.0206. The van der Waals surface area contributed by atoms with E-state index >= 15 is 0 Å². The van der Waals surface area contributed by atoms with Gasteiger partial charge in [0.1, 0.15) is 17.0 Å². The topological polar surface area (TPSA) is 66.8 Å². The van der Waals surface area contributed by atoms with Gasteiger partial charge in [-0.15, -0.1) is 0 Å². The van der Waals surface area contributed by atoms with Crippen LogP contribution < -0.4 is 25.8 Å². The molecule has 2 bridgehead atoms. The number of anilines is 1. The van der Waals surface area contributed by atoms with Crippen LogP contribution in [0.15, 0.2) is 54.6 Å². The fourth-order valence-corrected chi connectivity index (χ4v) is 6.28. The number of ether oxygens (including phenoxy) is 1. The average Bonchev–Trinajstić information content (AvgIpc) is 2.82. The molecule has 0 saturated carbocycles. The maximum atomic E-state index is 13.1. The monoisotopic (exact) mass is 457 g/mol. The van der Waals surface area contributed by atoms with Crippen LogP contribution >= 0.6 is 24.0 Å². The van der Waals surface area contributed by atoms with E-state index in [-0.39, 0.29) is 17.2 Å². The van der Waals surface area contributed by atoms with Crippen molar-refractivity contribution in [2.24, 2.45) is 11.8 Å². The quantitative estimate of drug-likeness (QED) is 0.394. The zero-order valence-corrected chi connectivity index (χ0v) is 19.2. The van der Waals surface area contributed by atoms with E-state index in [9.17, 15) is 4.79 Å². The SMILES string of the molecule is COc1ccc(CS[C@H]2[C@@H](C(=O)NNC(=S)Nc3ccccc3)C3CC[NH+]2CC3)cc1. The van der Waals surface area contributed by atoms with Crippen LogP contribution in [0.1, 0.15) is 18.4 Å². The molecular weight excluding hydrogens is 428 g/mol. The number of thiocarbonyl (C=S) groups is 1. The molecule has 1 amide bonds. The van der Waals surface area contributed by atoms with Gasteiger partial charge < -0.3 is 15.0 Å². The Labute approximate surface area is 193 Å². The molecule has 31 heavy (non-hydrogen) atoms. The number of nitrogens with one attached hydrogen (secondary N) is 4. The number of fused-ring (bicyclic) bond motifs is 3. The van der Waals surface area contributed by atoms with Gasteiger partial charge >= 0.3 is 0 Å². The number of thioether (sulfide) groups is 1. The Bertz CT molecular complexity index is 886. The number of hydrogen-bond donors (Lipinski definition) is 4. The molecule has 0 spiro atoms. The summed E-state index contributed by atoms with van der Waals surface area (Å²) in [5.74, 6) is 2.20. The van der Waals surface area contributed by atoms with Crippen molar-refractivity contribution in [3.63, 3.8) is 0 Å². The molecule has 6 nitrogen and oxygen atoms in total. The normalized spacial score (nSPS) is 24.3. The lowest BCUT2D eigenvalue weighted by molar-refractivity contribution is -0.930. The van der Waals surface area contributed by atoms with Gasteiger partial charge in [0.05, 0.1) is 20.2 Å². The minimum Gasteiger partial charge on any atom is -0.497 e. The predicted molar refractivity (Wildman–Crippen MR) is 129 cm³/mol. The molecule has 2 aromatic carbocycles. The summed E-state index contributed by atoms with van der Waals surface area (Å²) in [7, 11) is 1.68. The van der Waals surface area contributed by atoms with E-state index in [0.29, 0.717) is 11.0 Å². The highest BCUT2D eigenvalue weighted by atomic mass is 32.2. The van der Waals surface area contributed by atoms with Crippen molar-refractivity contribution < 1.29 is 14.4 Å². The number of carbonyl (C=O) groups is 1. The Morgan fingerprint density at radius 1 is 1.10 bits per heavy atom. The van der Waals surface area contributed by atoms with Crippen LogP contribution in [0.3, 0.4) is 0 Å². The summed E-state index contributed by atoms with van der Waals surface area (Å²) in [5.41, 5.74) is 7.88. The molecule has 4 N–H and O–H groups in total. The van der Waals surface area contributed by atoms with E-state index in [4.69, 9.17) is 17.0 Å². The third kappa shape index (κ3) is 5.50. The highest BCUT2D eigenvalue weighted by Crippen LogP contribution is 2.34. The molecule has 0 aromatic heterocycles. The summed E-state index contributed by atoms with van der Waals surface area (Å²) in [6, 6.07) is 17.9. The van der Waals surface area contributed by atoms with Gasteiger partial charge in [-0.2, -0.15) is 0 Å². The van der Waals surface area contributed by atoms with Crippen molar-refractivity contribution in [3.05, 3.63) is 60.2 Å².